The molecule has 0 bridgehead atoms. The van der Waals surface area contributed by atoms with Crippen molar-refractivity contribution in [2.24, 2.45) is 0 Å². The van der Waals surface area contributed by atoms with Crippen LogP contribution in [-0.2, 0) is 0 Å². The zero-order chi connectivity index (χ0) is 10.0. The third kappa shape index (κ3) is 2.12. The van der Waals surface area contributed by atoms with Crippen LogP contribution in [0.3, 0.4) is 0 Å². The van der Waals surface area contributed by atoms with Gasteiger partial charge in [0.1, 0.15) is 0 Å². The minimum absolute atomic E-state index is 0.0671. The maximum Gasteiger partial charge on any atom is 0.264 e. The predicted molar refractivity (Wildman–Crippen MR) is 49.1 cm³/mol. The Labute approximate surface area is 82.9 Å². The van der Waals surface area contributed by atoms with E-state index < -0.39 is 6.43 Å². The van der Waals surface area contributed by atoms with Gasteiger partial charge in [-0.25, -0.2) is 8.78 Å². The van der Waals surface area contributed by atoms with Gasteiger partial charge in [-0.05, 0) is 13.0 Å². The van der Waals surface area contributed by atoms with Crippen LogP contribution >= 0.6 is 15.9 Å². The number of hydrogen-bond acceptors (Lipinski definition) is 1. The molecular weight excluding hydrogens is 242 g/mol. The molecule has 0 N–H and O–H groups in total. The molecule has 0 saturated carbocycles. The Morgan fingerprint density at radius 3 is 2.46 bits per heavy atom. The highest BCUT2D eigenvalue weighted by molar-refractivity contribution is 9.10. The zero-order valence-corrected chi connectivity index (χ0v) is 8.44. The highest BCUT2D eigenvalue weighted by atomic mass is 79.9. The van der Waals surface area contributed by atoms with Crippen molar-refractivity contribution in [2.75, 3.05) is 0 Å². The molecule has 0 atom stereocenters. The van der Waals surface area contributed by atoms with E-state index in [0.717, 1.165) is 0 Å². The molecule has 0 spiro atoms. The fourth-order valence-electron chi connectivity index (χ4n) is 1.09. The normalized spacial score (nSPS) is 10.5. The standard InChI is InChI=1S/C9H7BrF2O/c1-5(13)8-6(9(11)12)3-2-4-7(8)10/h2-4,9H,1H3. The summed E-state index contributed by atoms with van der Waals surface area (Å²) >= 11 is 3.06. The third-order valence-electron chi connectivity index (χ3n) is 1.63. The Hall–Kier alpha value is -0.770. The summed E-state index contributed by atoms with van der Waals surface area (Å²) in [4.78, 5) is 11.0. The van der Waals surface area contributed by atoms with E-state index in [-0.39, 0.29) is 16.9 Å². The first-order valence-electron chi connectivity index (χ1n) is 3.61. The third-order valence-corrected chi connectivity index (χ3v) is 2.29. The van der Waals surface area contributed by atoms with Gasteiger partial charge in [-0.3, -0.25) is 4.79 Å². The lowest BCUT2D eigenvalue weighted by atomic mass is 10.1. The van der Waals surface area contributed by atoms with Crippen molar-refractivity contribution < 1.29 is 13.6 Å². The molecule has 1 aromatic rings. The number of halogens is 3. The van der Waals surface area contributed by atoms with E-state index in [2.05, 4.69) is 15.9 Å². The molecule has 0 saturated heterocycles. The molecule has 1 rings (SSSR count). The van der Waals surface area contributed by atoms with E-state index in [0.29, 0.717) is 4.47 Å². The number of carbonyl (C=O) groups is 1. The van der Waals surface area contributed by atoms with Gasteiger partial charge in [0.2, 0.25) is 0 Å². The molecule has 0 heterocycles. The van der Waals surface area contributed by atoms with Crippen LogP contribution in [0, 0.1) is 0 Å². The average Bonchev–Trinajstić information content (AvgIpc) is 2.02. The molecule has 1 nitrogen and oxygen atoms in total. The molecule has 13 heavy (non-hydrogen) atoms. The van der Waals surface area contributed by atoms with Crippen LogP contribution < -0.4 is 0 Å². The minimum Gasteiger partial charge on any atom is -0.294 e. The van der Waals surface area contributed by atoms with Gasteiger partial charge >= 0.3 is 0 Å². The van der Waals surface area contributed by atoms with Crippen LogP contribution in [0.25, 0.3) is 0 Å². The highest BCUT2D eigenvalue weighted by Gasteiger charge is 2.17. The second-order valence-electron chi connectivity index (χ2n) is 2.56. The smallest absolute Gasteiger partial charge is 0.264 e. The molecule has 0 aliphatic heterocycles. The number of alkyl halides is 2. The summed E-state index contributed by atoms with van der Waals surface area (Å²) in [7, 11) is 0. The quantitative estimate of drug-likeness (QED) is 0.732. The fourth-order valence-corrected chi connectivity index (χ4v) is 1.75. The number of ketones is 1. The van der Waals surface area contributed by atoms with Crippen molar-refractivity contribution in [3.8, 4) is 0 Å². The van der Waals surface area contributed by atoms with Gasteiger partial charge in [0.25, 0.3) is 6.43 Å². The first-order valence-corrected chi connectivity index (χ1v) is 4.41. The Balaban J connectivity index is 3.34. The topological polar surface area (TPSA) is 17.1 Å². The van der Waals surface area contributed by atoms with E-state index >= 15 is 0 Å². The maximum absolute atomic E-state index is 12.4. The lowest BCUT2D eigenvalue weighted by Gasteiger charge is -2.07. The molecule has 0 aliphatic carbocycles. The van der Waals surface area contributed by atoms with Crippen LogP contribution in [0.15, 0.2) is 22.7 Å². The van der Waals surface area contributed by atoms with Gasteiger partial charge in [-0.1, -0.05) is 28.1 Å². The Morgan fingerprint density at radius 1 is 1.46 bits per heavy atom. The van der Waals surface area contributed by atoms with Crippen LogP contribution in [0.2, 0.25) is 0 Å². The van der Waals surface area contributed by atoms with Crippen LogP contribution in [0.1, 0.15) is 29.3 Å². The average molecular weight is 249 g/mol. The fraction of sp³-hybridized carbons (Fsp3) is 0.222. The first kappa shape index (κ1) is 10.3. The summed E-state index contributed by atoms with van der Waals surface area (Å²) in [6.45, 7) is 1.27. The van der Waals surface area contributed by atoms with Gasteiger partial charge in [0, 0.05) is 15.6 Å². The summed E-state index contributed by atoms with van der Waals surface area (Å²) in [6, 6.07) is 4.31. The monoisotopic (exact) mass is 248 g/mol. The summed E-state index contributed by atoms with van der Waals surface area (Å²) in [5.74, 6) is -0.359. The largest absolute Gasteiger partial charge is 0.294 e. The van der Waals surface area contributed by atoms with Crippen molar-refractivity contribution in [3.05, 3.63) is 33.8 Å². The molecule has 4 heteroatoms. The maximum atomic E-state index is 12.4. The number of rotatable bonds is 2. The molecule has 0 aliphatic rings. The SMILES string of the molecule is CC(=O)c1c(Br)cccc1C(F)F. The summed E-state index contributed by atoms with van der Waals surface area (Å²) < 4.78 is 25.2. The van der Waals surface area contributed by atoms with Gasteiger partial charge in [-0.2, -0.15) is 0 Å². The van der Waals surface area contributed by atoms with Gasteiger partial charge in [-0.15, -0.1) is 0 Å². The van der Waals surface area contributed by atoms with Gasteiger partial charge in [0.15, 0.2) is 5.78 Å². The van der Waals surface area contributed by atoms with E-state index in [4.69, 9.17) is 0 Å². The van der Waals surface area contributed by atoms with Crippen LogP contribution in [0.4, 0.5) is 8.78 Å². The molecule has 70 valence electrons. The van der Waals surface area contributed by atoms with Crippen molar-refractivity contribution in [1.82, 2.24) is 0 Å². The Kier molecular flexibility index (Phi) is 3.14. The number of Topliss-reactive ketones (excluding diaryl/α,β-unsaturated/α-hetero) is 1. The second kappa shape index (κ2) is 3.96. The highest BCUT2D eigenvalue weighted by Crippen LogP contribution is 2.28. The molecule has 0 aromatic heterocycles. The van der Waals surface area contributed by atoms with Crippen molar-refractivity contribution >= 4 is 21.7 Å². The zero-order valence-electron chi connectivity index (χ0n) is 6.85. The van der Waals surface area contributed by atoms with E-state index in [1.54, 1.807) is 6.07 Å². The Bertz CT molecular complexity index is 336. The van der Waals surface area contributed by atoms with E-state index in [9.17, 15) is 13.6 Å². The molecule has 1 aromatic carbocycles. The van der Waals surface area contributed by atoms with Gasteiger partial charge in [0.05, 0.1) is 0 Å². The minimum atomic E-state index is -2.61. The number of hydrogen-bond donors (Lipinski definition) is 0. The van der Waals surface area contributed by atoms with Gasteiger partial charge < -0.3 is 0 Å². The predicted octanol–water partition coefficient (Wildman–Crippen LogP) is 3.59. The summed E-state index contributed by atoms with van der Waals surface area (Å²) in [5.41, 5.74) is -0.153. The molecular formula is C9H7BrF2O. The number of benzene rings is 1. The lowest BCUT2D eigenvalue weighted by Crippen LogP contribution is -2.01. The number of carbonyl (C=O) groups excluding carboxylic acids is 1. The second-order valence-corrected chi connectivity index (χ2v) is 3.42. The molecule has 0 amide bonds. The molecule has 0 radical (unpaired) electrons. The summed E-state index contributed by atoms with van der Waals surface area (Å²) in [5, 5.41) is 0. The van der Waals surface area contributed by atoms with Crippen molar-refractivity contribution in [2.45, 2.75) is 13.3 Å². The lowest BCUT2D eigenvalue weighted by molar-refractivity contribution is 0.0998. The van der Waals surface area contributed by atoms with Crippen LogP contribution in [0.5, 0.6) is 0 Å². The molecule has 0 fully saturated rings. The molecule has 0 unspecified atom stereocenters. The van der Waals surface area contributed by atoms with Crippen LogP contribution in [-0.4, -0.2) is 5.78 Å². The van der Waals surface area contributed by atoms with E-state index in [1.807, 2.05) is 0 Å². The van der Waals surface area contributed by atoms with Crippen molar-refractivity contribution in [3.63, 3.8) is 0 Å². The van der Waals surface area contributed by atoms with Crippen molar-refractivity contribution in [1.29, 1.82) is 0 Å². The summed E-state index contributed by atoms with van der Waals surface area (Å²) in [6.07, 6.45) is -2.61. The first-order chi connectivity index (χ1) is 6.04. The van der Waals surface area contributed by atoms with E-state index in [1.165, 1.54) is 19.1 Å². The Morgan fingerprint density at radius 2 is 2.08 bits per heavy atom.